The first-order valence-electron chi connectivity index (χ1n) is 0.532. The molecule has 0 heterocycles. The maximum Gasteiger partial charge on any atom is 0.299 e. The summed E-state index contributed by atoms with van der Waals surface area (Å²) < 4.78 is 22.8. The largest absolute Gasteiger partial charge is 0.299 e. The van der Waals surface area contributed by atoms with Crippen LogP contribution in [0.15, 0.2) is 0 Å². The molecule has 0 amide bonds. The summed E-state index contributed by atoms with van der Waals surface area (Å²) in [4.78, 5) is 0. The Morgan fingerprint density at radius 2 is 1.33 bits per heavy atom. The van der Waals surface area contributed by atoms with Gasteiger partial charge in [-0.3, -0.25) is 9.11 Å². The zero-order valence-electron chi connectivity index (χ0n) is 2.57. The normalized spacial score (nSPS) is 5.83. The summed E-state index contributed by atoms with van der Waals surface area (Å²) >= 11 is -2.61. The maximum absolute atomic E-state index is 8.67. The number of hydrogen-bond donors (Lipinski definition) is 2. The summed E-state index contributed by atoms with van der Waals surface area (Å²) in [7, 11) is 0. The van der Waals surface area contributed by atoms with E-state index in [-0.39, 0.29) is 35.6 Å². The molecule has 0 saturated carbocycles. The van der Waals surface area contributed by atoms with Gasteiger partial charge in [0.2, 0.25) is 0 Å². The standard InChI is InChI=1S/H2O3S.Se.V/c1-4(2)3;;/h(H2,1,2,3);;. The van der Waals surface area contributed by atoms with Gasteiger partial charge in [-0.15, -0.1) is 0 Å². The summed E-state index contributed by atoms with van der Waals surface area (Å²) in [6.07, 6.45) is 0. The smallest absolute Gasteiger partial charge is 0.284 e. The van der Waals surface area contributed by atoms with Crippen LogP contribution in [-0.2, 0) is 29.9 Å². The van der Waals surface area contributed by atoms with E-state index in [9.17, 15) is 0 Å². The van der Waals surface area contributed by atoms with Crippen molar-refractivity contribution in [3.63, 3.8) is 0 Å². The van der Waals surface area contributed by atoms with Crippen molar-refractivity contribution in [1.82, 2.24) is 0 Å². The van der Waals surface area contributed by atoms with E-state index in [4.69, 9.17) is 13.3 Å². The third-order valence-corrected chi connectivity index (χ3v) is 0. The molecule has 2 N–H and O–H groups in total. The molecule has 3 nitrogen and oxygen atoms in total. The van der Waals surface area contributed by atoms with Gasteiger partial charge >= 0.3 is 0 Å². The molecule has 0 unspecified atom stereocenters. The average molecular weight is 212 g/mol. The minimum Gasteiger partial charge on any atom is -0.284 e. The second kappa shape index (κ2) is 9.49. The van der Waals surface area contributed by atoms with Crippen molar-refractivity contribution in [2.24, 2.45) is 0 Å². The first kappa shape index (κ1) is 15.7. The van der Waals surface area contributed by atoms with Crippen molar-refractivity contribution in [1.29, 1.82) is 0 Å². The first-order valence-corrected chi connectivity index (χ1v) is 1.60. The van der Waals surface area contributed by atoms with E-state index < -0.39 is 11.4 Å². The topological polar surface area (TPSA) is 57.5 Å². The number of hydrogen-bond acceptors (Lipinski definition) is 1. The fraction of sp³-hybridized carbons (Fsp3) is 0. The van der Waals surface area contributed by atoms with Crippen LogP contribution in [0.3, 0.4) is 0 Å². The molecule has 0 aliphatic heterocycles. The molecule has 0 aromatic rings. The van der Waals surface area contributed by atoms with Gasteiger partial charge in [-0.2, -0.15) is 4.21 Å². The van der Waals surface area contributed by atoms with Gasteiger partial charge in [0, 0.05) is 35.6 Å². The van der Waals surface area contributed by atoms with Gasteiger partial charge in [0.15, 0.2) is 0 Å². The monoisotopic (exact) mass is 213 g/mol. The van der Waals surface area contributed by atoms with Gasteiger partial charge in [-0.05, 0) is 0 Å². The summed E-state index contributed by atoms with van der Waals surface area (Å²) in [5.74, 6) is 0. The zero-order chi connectivity index (χ0) is 3.58. The second-order valence-corrected chi connectivity index (χ2v) is 0.692. The van der Waals surface area contributed by atoms with Crippen LogP contribution in [0.1, 0.15) is 0 Å². The van der Waals surface area contributed by atoms with Crippen LogP contribution in [0.5, 0.6) is 0 Å². The van der Waals surface area contributed by atoms with Crippen LogP contribution in [0.25, 0.3) is 0 Å². The molecule has 0 rings (SSSR count). The molecule has 0 aromatic heterocycles. The van der Waals surface area contributed by atoms with Crippen LogP contribution in [0.2, 0.25) is 0 Å². The molecule has 0 spiro atoms. The molecule has 0 fully saturated rings. The van der Waals surface area contributed by atoms with Crippen molar-refractivity contribution in [3.05, 3.63) is 0 Å². The van der Waals surface area contributed by atoms with E-state index in [2.05, 4.69) is 0 Å². The molecule has 0 aliphatic carbocycles. The summed E-state index contributed by atoms with van der Waals surface area (Å²) in [5, 5.41) is 0. The molecule has 0 saturated heterocycles. The van der Waals surface area contributed by atoms with Crippen LogP contribution < -0.4 is 0 Å². The summed E-state index contributed by atoms with van der Waals surface area (Å²) in [6, 6.07) is 0. The number of rotatable bonds is 0. The predicted octanol–water partition coefficient (Wildman–Crippen LogP) is -0.702. The molecule has 0 atom stereocenters. The molecule has 3 radical (unpaired) electrons. The maximum atomic E-state index is 8.67. The van der Waals surface area contributed by atoms with E-state index in [0.717, 1.165) is 0 Å². The molecular formula is H2O3SSeV. The Bertz CT molecular complexity index is 33.8. The molecule has 6 heavy (non-hydrogen) atoms. The minimum absolute atomic E-state index is 0. The zero-order valence-corrected chi connectivity index (χ0v) is 6.49. The minimum atomic E-state index is -2.61. The molecule has 0 aromatic carbocycles. The Morgan fingerprint density at radius 1 is 1.33 bits per heavy atom. The first-order chi connectivity index (χ1) is 1.73. The molecule has 0 bridgehead atoms. The van der Waals surface area contributed by atoms with Crippen molar-refractivity contribution >= 4 is 28.4 Å². The molecule has 0 aliphatic rings. The fourth-order valence-electron chi connectivity index (χ4n) is 0. The van der Waals surface area contributed by atoms with Crippen molar-refractivity contribution < 1.29 is 31.9 Å². The molecule has 6 heteroatoms. The van der Waals surface area contributed by atoms with Gasteiger partial charge in [0.1, 0.15) is 0 Å². The van der Waals surface area contributed by atoms with Crippen LogP contribution in [-0.4, -0.2) is 30.4 Å². The van der Waals surface area contributed by atoms with Crippen LogP contribution in [0.4, 0.5) is 0 Å². The van der Waals surface area contributed by atoms with Crippen molar-refractivity contribution in [2.45, 2.75) is 0 Å². The quantitative estimate of drug-likeness (QED) is 0.412. The summed E-state index contributed by atoms with van der Waals surface area (Å²) in [6.45, 7) is 0. The van der Waals surface area contributed by atoms with Crippen molar-refractivity contribution in [3.8, 4) is 0 Å². The van der Waals surface area contributed by atoms with Crippen molar-refractivity contribution in [2.75, 3.05) is 0 Å². The molecule has 37 valence electrons. The Balaban J connectivity index is -0.0000000450. The Kier molecular flexibility index (Phi) is 24.8. The van der Waals surface area contributed by atoms with Gasteiger partial charge in [0.05, 0.1) is 0 Å². The van der Waals surface area contributed by atoms with Crippen LogP contribution >= 0.6 is 0 Å². The van der Waals surface area contributed by atoms with E-state index in [1.54, 1.807) is 0 Å². The van der Waals surface area contributed by atoms with E-state index in [1.165, 1.54) is 0 Å². The van der Waals surface area contributed by atoms with Gasteiger partial charge < -0.3 is 0 Å². The van der Waals surface area contributed by atoms with E-state index >= 15 is 0 Å². The van der Waals surface area contributed by atoms with E-state index in [1.807, 2.05) is 0 Å². The van der Waals surface area contributed by atoms with Gasteiger partial charge in [0.25, 0.3) is 11.4 Å². The Labute approximate surface area is 60.4 Å². The predicted molar refractivity (Wildman–Crippen MR) is 19.2 cm³/mol. The third kappa shape index (κ3) is 65.4. The SMILES string of the molecule is O=S(O)O.[Se].[V]. The Morgan fingerprint density at radius 3 is 1.33 bits per heavy atom. The van der Waals surface area contributed by atoms with Gasteiger partial charge in [-0.1, -0.05) is 0 Å². The second-order valence-electron chi connectivity index (χ2n) is 0.231. The third-order valence-electron chi connectivity index (χ3n) is 0. The fourth-order valence-corrected chi connectivity index (χ4v) is 0. The molecular weight excluding hydrogens is 210 g/mol. The Hall–Kier alpha value is 1.17. The van der Waals surface area contributed by atoms with Crippen LogP contribution in [0, 0.1) is 0 Å². The van der Waals surface area contributed by atoms with Gasteiger partial charge in [-0.25, -0.2) is 0 Å². The average Bonchev–Trinajstić information content (AvgIpc) is 0.811. The van der Waals surface area contributed by atoms with E-state index in [0.29, 0.717) is 0 Å². The summed E-state index contributed by atoms with van der Waals surface area (Å²) in [5.41, 5.74) is 0.